The van der Waals surface area contributed by atoms with E-state index in [-0.39, 0.29) is 17.9 Å². The van der Waals surface area contributed by atoms with Crippen molar-refractivity contribution in [2.75, 3.05) is 18.4 Å². The van der Waals surface area contributed by atoms with Crippen LogP contribution < -0.4 is 5.32 Å². The van der Waals surface area contributed by atoms with Crippen LogP contribution in [-0.2, 0) is 6.18 Å². The summed E-state index contributed by atoms with van der Waals surface area (Å²) >= 11 is 0. The van der Waals surface area contributed by atoms with Gasteiger partial charge >= 0.3 is 6.18 Å². The molecule has 1 aliphatic heterocycles. The van der Waals surface area contributed by atoms with E-state index < -0.39 is 11.7 Å². The Morgan fingerprint density at radius 2 is 1.94 bits per heavy atom. The highest BCUT2D eigenvalue weighted by atomic mass is 19.4. The van der Waals surface area contributed by atoms with Gasteiger partial charge in [-0.2, -0.15) is 18.3 Å². The Hall–Kier alpha value is -3.36. The monoisotopic (exact) mass is 471 g/mol. The maximum Gasteiger partial charge on any atom is 0.417 e. The van der Waals surface area contributed by atoms with Gasteiger partial charge in [-0.15, -0.1) is 0 Å². The average Bonchev–Trinajstić information content (AvgIpc) is 3.23. The van der Waals surface area contributed by atoms with E-state index in [1.165, 1.54) is 6.07 Å². The molecule has 1 saturated heterocycles. The first kappa shape index (κ1) is 23.8. The number of nitrogens with zero attached hydrogens (tertiary/aromatic N) is 4. The molecule has 2 aromatic heterocycles. The van der Waals surface area contributed by atoms with Crippen molar-refractivity contribution in [1.29, 1.82) is 0 Å². The van der Waals surface area contributed by atoms with Crippen LogP contribution in [0.1, 0.15) is 46.8 Å². The lowest BCUT2D eigenvalue weighted by atomic mass is 9.89. The molecule has 1 N–H and O–H groups in total. The van der Waals surface area contributed by atoms with Gasteiger partial charge < -0.3 is 10.2 Å². The maximum atomic E-state index is 13.8. The molecule has 0 spiro atoms. The second-order valence-electron chi connectivity index (χ2n) is 8.98. The van der Waals surface area contributed by atoms with E-state index in [4.69, 9.17) is 0 Å². The fraction of sp³-hybridized carbons (Fsp3) is 0.400. The van der Waals surface area contributed by atoms with E-state index >= 15 is 0 Å². The third-order valence-electron chi connectivity index (χ3n) is 6.30. The Morgan fingerprint density at radius 1 is 1.15 bits per heavy atom. The number of hydrogen-bond acceptors (Lipinski definition) is 4. The SMILES string of the molecule is Cc1ccc(-n2cc(C)cn2)c(C(=O)N2CCCC(C)C2CNc2ccc(C(F)(F)F)cn2)c1. The lowest BCUT2D eigenvalue weighted by molar-refractivity contribution is -0.137. The number of piperidine rings is 1. The molecule has 180 valence electrons. The van der Waals surface area contributed by atoms with Gasteiger partial charge in [0.1, 0.15) is 5.82 Å². The molecule has 9 heteroatoms. The number of hydrogen-bond donors (Lipinski definition) is 1. The fourth-order valence-corrected chi connectivity index (χ4v) is 4.41. The Kier molecular flexibility index (Phi) is 6.63. The van der Waals surface area contributed by atoms with Crippen molar-refractivity contribution in [3.63, 3.8) is 0 Å². The summed E-state index contributed by atoms with van der Waals surface area (Å²) in [5.41, 5.74) is 2.48. The van der Waals surface area contributed by atoms with E-state index in [9.17, 15) is 18.0 Å². The summed E-state index contributed by atoms with van der Waals surface area (Å²) < 4.78 is 40.2. The quantitative estimate of drug-likeness (QED) is 0.552. The van der Waals surface area contributed by atoms with Crippen molar-refractivity contribution in [2.24, 2.45) is 5.92 Å². The van der Waals surface area contributed by atoms with Gasteiger partial charge in [0.25, 0.3) is 5.91 Å². The molecule has 0 radical (unpaired) electrons. The van der Waals surface area contributed by atoms with Gasteiger partial charge in [-0.3, -0.25) is 4.79 Å². The first-order valence-corrected chi connectivity index (χ1v) is 11.3. The van der Waals surface area contributed by atoms with Crippen molar-refractivity contribution in [3.05, 3.63) is 71.2 Å². The molecule has 0 saturated carbocycles. The topological polar surface area (TPSA) is 63.1 Å². The molecule has 0 bridgehead atoms. The van der Waals surface area contributed by atoms with Crippen molar-refractivity contribution in [2.45, 2.75) is 45.8 Å². The van der Waals surface area contributed by atoms with Gasteiger partial charge in [0, 0.05) is 25.5 Å². The predicted molar refractivity (Wildman–Crippen MR) is 124 cm³/mol. The van der Waals surface area contributed by atoms with Crippen molar-refractivity contribution >= 4 is 11.7 Å². The first-order chi connectivity index (χ1) is 16.1. The van der Waals surface area contributed by atoms with Gasteiger partial charge in [-0.25, -0.2) is 9.67 Å². The summed E-state index contributed by atoms with van der Waals surface area (Å²) in [5.74, 6) is 0.492. The molecule has 1 aromatic carbocycles. The Balaban J connectivity index is 1.57. The molecule has 34 heavy (non-hydrogen) atoms. The smallest absolute Gasteiger partial charge is 0.368 e. The van der Waals surface area contributed by atoms with Crippen LogP contribution in [0.25, 0.3) is 5.69 Å². The number of benzene rings is 1. The second kappa shape index (κ2) is 9.48. The number of pyridine rings is 1. The van der Waals surface area contributed by atoms with E-state index in [1.807, 2.05) is 43.1 Å². The van der Waals surface area contributed by atoms with Crippen LogP contribution in [0.15, 0.2) is 48.9 Å². The van der Waals surface area contributed by atoms with Crippen LogP contribution in [0.5, 0.6) is 0 Å². The number of alkyl halides is 3. The Bertz CT molecular complexity index is 1160. The largest absolute Gasteiger partial charge is 0.417 e. The number of likely N-dealkylation sites (tertiary alicyclic amines) is 1. The fourth-order valence-electron chi connectivity index (χ4n) is 4.41. The van der Waals surface area contributed by atoms with Crippen molar-refractivity contribution < 1.29 is 18.0 Å². The number of aromatic nitrogens is 3. The highest BCUT2D eigenvalue weighted by molar-refractivity contribution is 5.98. The van der Waals surface area contributed by atoms with Gasteiger partial charge in [-0.1, -0.05) is 18.6 Å². The zero-order valence-corrected chi connectivity index (χ0v) is 19.4. The van der Waals surface area contributed by atoms with Crippen LogP contribution >= 0.6 is 0 Å². The number of rotatable bonds is 5. The molecular weight excluding hydrogens is 443 g/mol. The van der Waals surface area contributed by atoms with E-state index in [2.05, 4.69) is 22.3 Å². The molecule has 4 rings (SSSR count). The normalized spacial score (nSPS) is 18.7. The summed E-state index contributed by atoms with van der Waals surface area (Å²) in [6, 6.07) is 7.95. The zero-order chi connectivity index (χ0) is 24.5. The molecule has 3 heterocycles. The summed E-state index contributed by atoms with van der Waals surface area (Å²) in [6.45, 7) is 7.00. The molecule has 1 fully saturated rings. The lowest BCUT2D eigenvalue weighted by Crippen LogP contribution is -2.51. The Morgan fingerprint density at radius 3 is 2.59 bits per heavy atom. The highest BCUT2D eigenvalue weighted by Gasteiger charge is 2.34. The number of amides is 1. The van der Waals surface area contributed by atoms with Crippen molar-refractivity contribution in [3.8, 4) is 5.69 Å². The Labute approximate surface area is 196 Å². The minimum Gasteiger partial charge on any atom is -0.368 e. The molecule has 1 amide bonds. The third-order valence-corrected chi connectivity index (χ3v) is 6.30. The van der Waals surface area contributed by atoms with Crippen LogP contribution in [-0.4, -0.2) is 44.7 Å². The third kappa shape index (κ3) is 5.08. The maximum absolute atomic E-state index is 13.8. The van der Waals surface area contributed by atoms with Crippen LogP contribution in [0.4, 0.5) is 19.0 Å². The van der Waals surface area contributed by atoms with Gasteiger partial charge in [0.05, 0.1) is 29.1 Å². The summed E-state index contributed by atoms with van der Waals surface area (Å²) in [5, 5.41) is 7.51. The first-order valence-electron chi connectivity index (χ1n) is 11.3. The average molecular weight is 472 g/mol. The minimum atomic E-state index is -4.43. The standard InChI is InChI=1S/C25H28F3N5O/c1-16-6-8-21(33-15-17(2)12-31-33)20(11-16)24(34)32-10-4-5-18(3)22(32)14-30-23-9-7-19(13-29-23)25(26,27)28/h6-9,11-13,15,18,22H,4-5,10,14H2,1-3H3,(H,29,30). The molecule has 3 aromatic rings. The van der Waals surface area contributed by atoms with Crippen LogP contribution in [0, 0.1) is 19.8 Å². The summed E-state index contributed by atoms with van der Waals surface area (Å²) in [7, 11) is 0. The van der Waals surface area contributed by atoms with E-state index in [1.54, 1.807) is 10.9 Å². The minimum absolute atomic E-state index is 0.0782. The molecule has 1 aliphatic rings. The highest BCUT2D eigenvalue weighted by Crippen LogP contribution is 2.30. The molecule has 2 unspecified atom stereocenters. The van der Waals surface area contributed by atoms with Crippen LogP contribution in [0.3, 0.4) is 0 Å². The molecular formula is C25H28F3N5O. The summed E-state index contributed by atoms with van der Waals surface area (Å²) in [6.07, 6.45) is 1.89. The lowest BCUT2D eigenvalue weighted by Gasteiger charge is -2.40. The van der Waals surface area contributed by atoms with Crippen molar-refractivity contribution in [1.82, 2.24) is 19.7 Å². The number of anilines is 1. The van der Waals surface area contributed by atoms with Crippen LogP contribution in [0.2, 0.25) is 0 Å². The number of nitrogens with one attached hydrogen (secondary N) is 1. The molecule has 0 aliphatic carbocycles. The summed E-state index contributed by atoms with van der Waals surface area (Å²) in [4.78, 5) is 19.6. The molecule has 6 nitrogen and oxygen atoms in total. The van der Waals surface area contributed by atoms with E-state index in [0.717, 1.165) is 41.9 Å². The van der Waals surface area contributed by atoms with Gasteiger partial charge in [0.2, 0.25) is 0 Å². The number of carbonyl (C=O) groups is 1. The zero-order valence-electron chi connectivity index (χ0n) is 19.4. The molecule has 2 atom stereocenters. The second-order valence-corrected chi connectivity index (χ2v) is 8.98. The van der Waals surface area contributed by atoms with Gasteiger partial charge in [-0.05, 0) is 62.4 Å². The number of aryl methyl sites for hydroxylation is 2. The van der Waals surface area contributed by atoms with E-state index in [0.29, 0.717) is 24.5 Å². The number of halogens is 3. The van der Waals surface area contributed by atoms with Gasteiger partial charge in [0.15, 0.2) is 0 Å². The predicted octanol–water partition coefficient (Wildman–Crippen LogP) is 5.26. The number of carbonyl (C=O) groups excluding carboxylic acids is 1.